The van der Waals surface area contributed by atoms with E-state index in [2.05, 4.69) is 71.7 Å². The molecular weight excluding hydrogens is 2250 g/mol. The van der Waals surface area contributed by atoms with E-state index in [-0.39, 0.29) is 129 Å². The second kappa shape index (κ2) is 45.3. The number of hydrogen-bond acceptors (Lipinski definition) is 34. The molecule has 0 atom stereocenters. The first-order valence-corrected chi connectivity index (χ1v) is 55.4. The van der Waals surface area contributed by atoms with Gasteiger partial charge in [0.1, 0.15) is 38.0 Å². The minimum atomic E-state index is -4.08. The van der Waals surface area contributed by atoms with Crippen LogP contribution in [0.2, 0.25) is 21.7 Å². The van der Waals surface area contributed by atoms with Gasteiger partial charge in [-0.05, 0) is 175 Å². The number of ketones is 3. The maximum Gasteiger partial charge on any atom is 0.333 e. The molecule has 0 saturated carbocycles. The van der Waals surface area contributed by atoms with Crippen LogP contribution < -0.4 is 66.6 Å². The monoisotopic (exact) mass is 2300 g/mol. The van der Waals surface area contributed by atoms with E-state index in [0.29, 0.717) is 76.9 Å². The van der Waals surface area contributed by atoms with Gasteiger partial charge >= 0.3 is 35.9 Å². The molecule has 3 aliphatic rings. The van der Waals surface area contributed by atoms with E-state index >= 15 is 0 Å². The van der Waals surface area contributed by atoms with Gasteiger partial charge in [0.15, 0.2) is 16.9 Å². The van der Waals surface area contributed by atoms with Gasteiger partial charge in [-0.1, -0.05) is 131 Å². The minimum absolute atomic E-state index is 0.0237. The highest BCUT2D eigenvalue weighted by atomic mass is 35.5. The number of carbonyl (C=O) groups excluding carboxylic acids is 8. The Kier molecular flexibility index (Phi) is 32.2. The average Bonchev–Trinajstić information content (AvgIpc) is 1.59. The number of benzene rings is 5. The highest BCUT2D eigenvalue weighted by molar-refractivity contribution is 7.93. The minimum Gasteiger partial charge on any atom is -0.322 e. The van der Waals surface area contributed by atoms with Crippen LogP contribution in [0.3, 0.4) is 0 Å². The number of fused-ring (bicyclic) bond motifs is 5. The highest BCUT2D eigenvalue weighted by Crippen LogP contribution is 2.36. The summed E-state index contributed by atoms with van der Waals surface area (Å²) in [6.45, 7) is 0. The van der Waals surface area contributed by atoms with Crippen LogP contribution in [0, 0.1) is 0 Å². The number of Topliss-reactive ketones (excluding diaryl/α,β-unsaturated/α-hetero) is 3. The lowest BCUT2D eigenvalue weighted by Crippen LogP contribution is -2.34. The Morgan fingerprint density at radius 3 is 1.08 bits per heavy atom. The number of aliphatic imine (C=N–C) groups is 1. The fourth-order valence-corrected chi connectivity index (χ4v) is 25.7. The Bertz CT molecular complexity index is 9090. The number of urea groups is 5. The van der Waals surface area contributed by atoms with Gasteiger partial charge in [-0.15, -0.1) is 56.7 Å². The standard InChI is InChI=1S/C20H13ClN4O5S2.C19H12ClN3O4S2.C18H12ClN5O4S2.C18H11ClN4O5S2.C18H11ClN4O4S2/c21-16-7-8-18(31-16)32(29,30)25-20(28)23-11-5-6-14(22-10-11)13-9-17(26)24-15-4-2-1-3-12(15)19(13)27;20-16-7-8-17(28-16)29(26,27)23-19(25)22-12-5-6-15(21-10-12)14-9-11-3-1-2-4-13(11)18(14)24;19-14-7-8-15(29-14)30(27,28)24-18(26)21-10-5-6-13(20-9-10)16-17(25)11-3-1-2-4-12(11)22-23-16;19-14-7-8-15(29-14)30(27,28)22-18(25)21-10-5-6-12(20-9-10)16-17(24)11-3-1-2-4-13(11)23(16)26;19-14-7-8-15(28-14)29(26,27)23-18(25)21-10-5-6-13(20-9-10)16-17(24)11-3-1-2-4-12(11)22-16/h1-10H,(H,24,26)(H2,23,25,28);1-10H,(H2,22,23,25);1-9H,(H,22,25)(H2,21,24,26);1-9,26H,(H,22,25);1-9H,(H2,21,23,25)/p+1. The van der Waals surface area contributed by atoms with Crippen molar-refractivity contribution in [3.8, 4) is 22.6 Å². The van der Waals surface area contributed by atoms with Crippen LogP contribution in [-0.2, 0) is 50.1 Å². The number of aromatic nitrogens is 8. The van der Waals surface area contributed by atoms with Gasteiger partial charge in [-0.3, -0.25) is 59.0 Å². The summed E-state index contributed by atoms with van der Waals surface area (Å²) in [4.78, 5) is 163. The normalized spacial score (nSPS) is 12.4. The quantitative estimate of drug-likeness (QED) is 0.0249. The molecule has 20 rings (SSSR count). The second-order valence-electron chi connectivity index (χ2n) is 30.4. The lowest BCUT2D eigenvalue weighted by molar-refractivity contribution is -0.710. The van der Waals surface area contributed by atoms with Crippen LogP contribution in [0.1, 0.15) is 53.7 Å². The zero-order valence-corrected chi connectivity index (χ0v) is 86.7. The van der Waals surface area contributed by atoms with Crippen molar-refractivity contribution in [1.82, 2.24) is 63.7 Å². The fourth-order valence-electron chi connectivity index (χ4n) is 13.7. The van der Waals surface area contributed by atoms with Gasteiger partial charge in [0.2, 0.25) is 16.8 Å². The van der Waals surface area contributed by atoms with Gasteiger partial charge < -0.3 is 31.6 Å². The number of allylic oxidation sites excluding steroid dienone is 1. The number of anilines is 5. The van der Waals surface area contributed by atoms with Crippen molar-refractivity contribution >= 4 is 297 Å². The molecule has 17 aromatic rings. The fraction of sp³-hybridized carbons (Fsp3) is 0. The number of rotatable bonds is 20. The van der Waals surface area contributed by atoms with Crippen molar-refractivity contribution in [2.45, 2.75) is 21.0 Å². The summed E-state index contributed by atoms with van der Waals surface area (Å²) >= 11 is 32.8. The number of para-hydroxylation sites is 4. The van der Waals surface area contributed by atoms with Crippen molar-refractivity contribution < 1.29 is 90.4 Å². The van der Waals surface area contributed by atoms with E-state index in [4.69, 9.17) is 58.0 Å². The van der Waals surface area contributed by atoms with Gasteiger partial charge in [0.25, 0.3) is 61.6 Å². The number of aromatic amines is 2. The van der Waals surface area contributed by atoms with E-state index in [1.54, 1.807) is 121 Å². The Hall–Kier alpha value is -16.2. The SMILES string of the molecule is O=C(Nc1ccc(-c2cc(=O)[nH]c3ccccc3c2=O)nc1)NS(=O)(=O)c1ccc(Cl)s1.O=C(Nc1ccc(-c2n[nH]c3ccccc3c2=O)nc1)NS(=O)(=O)c1ccc(Cl)s1.O=C(Nc1ccc(C2=Cc3ccccc3C2=O)nc1)NS(=O)(=O)c1ccc(Cl)s1.O=C(Nc1ccc(C2=Nc3ccccc3C2=O)nc1)NS(=O)(=O)c1ccc(Cl)s1.O=C(Nc1ccc(C2=[N+](O)c3ccccc3C2=O)nc1)NS(=O)(=O)c1ccc(Cl)s1. The van der Waals surface area contributed by atoms with Crippen LogP contribution in [0.4, 0.5) is 63.8 Å². The lowest BCUT2D eigenvalue weighted by atomic mass is 10.1. The van der Waals surface area contributed by atoms with Crippen LogP contribution in [-0.4, -0.2) is 151 Å². The molecule has 0 fully saturated rings. The molecule has 758 valence electrons. The second-order valence-corrected chi connectivity index (χ2v) is 48.5. The number of thiophene rings is 5. The first-order valence-electron chi connectivity index (χ1n) is 42.0. The third-order valence-corrected chi connectivity index (χ3v) is 35.6. The molecule has 14 heterocycles. The summed E-state index contributed by atoms with van der Waals surface area (Å²) in [5.41, 5.74) is 6.55. The van der Waals surface area contributed by atoms with E-state index in [1.807, 2.05) is 35.7 Å². The molecule has 0 spiro atoms. The number of carbonyl (C=O) groups is 8. The van der Waals surface area contributed by atoms with Gasteiger partial charge in [-0.2, -0.15) is 5.10 Å². The lowest BCUT2D eigenvalue weighted by Gasteiger charge is -2.08. The van der Waals surface area contributed by atoms with Crippen LogP contribution in [0.15, 0.2) is 320 Å². The van der Waals surface area contributed by atoms with E-state index in [9.17, 15) is 100 Å². The third kappa shape index (κ3) is 25.4. The summed E-state index contributed by atoms with van der Waals surface area (Å²) in [7, 11) is -20.2. The van der Waals surface area contributed by atoms with Crippen molar-refractivity contribution in [3.05, 3.63) is 372 Å². The largest absolute Gasteiger partial charge is 0.333 e. The topological polar surface area (TPSA) is 623 Å². The molecule has 0 unspecified atom stereocenters. The first kappa shape index (κ1) is 107. The maximum absolute atomic E-state index is 12.9. The summed E-state index contributed by atoms with van der Waals surface area (Å²) < 4.78 is 133. The number of halogens is 5. The number of pyridine rings is 5. The Balaban J connectivity index is 0.000000134. The van der Waals surface area contributed by atoms with Gasteiger partial charge in [0.05, 0.1) is 126 Å². The van der Waals surface area contributed by atoms with E-state index in [0.717, 1.165) is 73.1 Å². The molecule has 2 aliphatic heterocycles. The summed E-state index contributed by atoms with van der Waals surface area (Å²) in [5.74, 6) is -0.737. The molecule has 150 heavy (non-hydrogen) atoms. The zero-order chi connectivity index (χ0) is 107. The Morgan fingerprint density at radius 2 is 0.687 bits per heavy atom. The van der Waals surface area contributed by atoms with Crippen LogP contribution in [0.25, 0.3) is 56.1 Å². The summed E-state index contributed by atoms with van der Waals surface area (Å²) in [6.07, 6.45) is 8.19. The number of H-pyrrole nitrogens is 2. The van der Waals surface area contributed by atoms with Gasteiger partial charge in [-0.25, -0.2) is 99.6 Å². The molecule has 0 saturated heterocycles. The smallest absolute Gasteiger partial charge is 0.322 e. The number of hydrogen-bond donors (Lipinski definition) is 13. The van der Waals surface area contributed by atoms with Crippen molar-refractivity contribution in [2.24, 2.45) is 4.99 Å². The van der Waals surface area contributed by atoms with Crippen LogP contribution in [0.5, 0.6) is 0 Å². The number of nitrogens with zero attached hydrogens (tertiary/aromatic N) is 8. The molecule has 0 radical (unpaired) electrons. The maximum atomic E-state index is 12.9. The molecule has 13 N–H and O–H groups in total. The molecule has 57 heteroatoms. The average molecular weight is 2310 g/mol. The Labute approximate surface area is 890 Å². The van der Waals surface area contributed by atoms with E-state index in [1.165, 1.54) is 146 Å². The van der Waals surface area contributed by atoms with Crippen molar-refractivity contribution in [3.63, 3.8) is 0 Å². The molecule has 0 bridgehead atoms. The van der Waals surface area contributed by atoms with Crippen LogP contribution >= 0.6 is 115 Å². The van der Waals surface area contributed by atoms with Crippen molar-refractivity contribution in [1.29, 1.82) is 0 Å². The van der Waals surface area contributed by atoms with Crippen molar-refractivity contribution in [2.75, 3.05) is 26.6 Å². The molecule has 1 aliphatic carbocycles. The predicted octanol–water partition coefficient (Wildman–Crippen LogP) is 17.1. The molecule has 42 nitrogen and oxygen atoms in total. The molecule has 5 aromatic carbocycles. The summed E-state index contributed by atoms with van der Waals surface area (Å²) in [5, 5.41) is 29.8. The third-order valence-electron chi connectivity index (χ3n) is 20.4. The molecule has 10 amide bonds. The number of amides is 10. The van der Waals surface area contributed by atoms with Gasteiger partial charge in [0, 0.05) is 44.3 Å². The summed E-state index contributed by atoms with van der Waals surface area (Å²) in [6, 6.07) is 59.1. The number of sulfonamides is 5. The van der Waals surface area contributed by atoms with E-state index < -0.39 is 85.8 Å². The predicted molar refractivity (Wildman–Crippen MR) is 568 cm³/mol. The first-order chi connectivity index (χ1) is 71.5. The number of nitrogens with one attached hydrogen (secondary N) is 12. The highest BCUT2D eigenvalue weighted by Gasteiger charge is 2.42. The Morgan fingerprint density at radius 1 is 0.333 bits per heavy atom. The molecule has 12 aromatic heterocycles. The zero-order valence-electron chi connectivity index (χ0n) is 74.7. The molecular formula is C93H60Cl5N20O22S10+.